The molecule has 1 N–H and O–H groups in total. The van der Waals surface area contributed by atoms with Crippen LogP contribution in [0.3, 0.4) is 0 Å². The largest absolute Gasteiger partial charge is 0.370 e. The third kappa shape index (κ3) is 3.98. The van der Waals surface area contributed by atoms with Gasteiger partial charge in [-0.2, -0.15) is 0 Å². The number of nitrogens with one attached hydrogen (secondary N) is 1. The fourth-order valence-electron chi connectivity index (χ4n) is 3.40. The molecule has 0 radical (unpaired) electrons. The first-order chi connectivity index (χ1) is 10.5. The van der Waals surface area contributed by atoms with Crippen LogP contribution >= 0.6 is 0 Å². The number of anilines is 1. The van der Waals surface area contributed by atoms with E-state index in [1.807, 2.05) is 12.1 Å². The summed E-state index contributed by atoms with van der Waals surface area (Å²) in [4.78, 5) is 2.25. The van der Waals surface area contributed by atoms with Crippen molar-refractivity contribution < 1.29 is 12.8 Å². The van der Waals surface area contributed by atoms with E-state index in [0.717, 1.165) is 44.5 Å². The van der Waals surface area contributed by atoms with Crippen LogP contribution in [0.4, 0.5) is 10.1 Å². The molecule has 6 heteroatoms. The molecule has 0 aliphatic carbocycles. The van der Waals surface area contributed by atoms with Gasteiger partial charge in [0.05, 0.1) is 11.5 Å². The van der Waals surface area contributed by atoms with E-state index in [-0.39, 0.29) is 5.82 Å². The quantitative estimate of drug-likeness (QED) is 0.922. The third-order valence-corrected chi connectivity index (χ3v) is 6.41. The second kappa shape index (κ2) is 6.54. The van der Waals surface area contributed by atoms with Crippen molar-refractivity contribution in [1.82, 2.24) is 5.32 Å². The van der Waals surface area contributed by atoms with Crippen molar-refractivity contribution in [3.05, 3.63) is 30.1 Å². The molecule has 3 rings (SSSR count). The zero-order valence-corrected chi connectivity index (χ0v) is 13.5. The summed E-state index contributed by atoms with van der Waals surface area (Å²) < 4.78 is 36.3. The molecule has 2 saturated heterocycles. The van der Waals surface area contributed by atoms with E-state index in [2.05, 4.69) is 10.2 Å². The first kappa shape index (κ1) is 15.7. The predicted molar refractivity (Wildman–Crippen MR) is 86.4 cm³/mol. The summed E-state index contributed by atoms with van der Waals surface area (Å²) in [6.45, 7) is 1.85. The number of hydrogen-bond donors (Lipinski definition) is 1. The molecule has 1 aromatic rings. The summed E-state index contributed by atoms with van der Waals surface area (Å²) in [7, 11) is -2.83. The lowest BCUT2D eigenvalue weighted by atomic mass is 10.1. The average Bonchev–Trinajstić information content (AvgIpc) is 2.86. The van der Waals surface area contributed by atoms with Crippen LogP contribution in [0.25, 0.3) is 0 Å². The highest BCUT2D eigenvalue weighted by Crippen LogP contribution is 2.22. The van der Waals surface area contributed by atoms with Crippen LogP contribution in [0, 0.1) is 5.82 Å². The molecule has 122 valence electrons. The van der Waals surface area contributed by atoms with Crippen molar-refractivity contribution in [2.75, 3.05) is 29.5 Å². The van der Waals surface area contributed by atoms with Crippen molar-refractivity contribution >= 4 is 15.5 Å². The number of hydrogen-bond acceptors (Lipinski definition) is 4. The van der Waals surface area contributed by atoms with Crippen molar-refractivity contribution in [3.8, 4) is 0 Å². The Labute approximate surface area is 131 Å². The normalized spacial score (nSPS) is 28.5. The standard InChI is InChI=1S/C16H23FN2O2S/c17-13-3-5-16(6-4-13)19-9-7-15(12-19)18-14-2-1-10-22(20,21)11-8-14/h3-6,14-15,18H,1-2,7-12H2. The highest BCUT2D eigenvalue weighted by Gasteiger charge is 2.27. The molecule has 1 aromatic carbocycles. The van der Waals surface area contributed by atoms with Gasteiger partial charge >= 0.3 is 0 Å². The van der Waals surface area contributed by atoms with Crippen LogP contribution < -0.4 is 10.2 Å². The topological polar surface area (TPSA) is 49.4 Å². The summed E-state index contributed by atoms with van der Waals surface area (Å²) in [6.07, 6.45) is 3.46. The zero-order chi connectivity index (χ0) is 15.6. The summed E-state index contributed by atoms with van der Waals surface area (Å²) >= 11 is 0. The Morgan fingerprint density at radius 3 is 2.59 bits per heavy atom. The summed E-state index contributed by atoms with van der Waals surface area (Å²) in [5.41, 5.74) is 1.05. The first-order valence-corrected chi connectivity index (χ1v) is 9.81. The van der Waals surface area contributed by atoms with Crippen molar-refractivity contribution in [1.29, 1.82) is 0 Å². The van der Waals surface area contributed by atoms with E-state index in [1.54, 1.807) is 0 Å². The molecule has 2 atom stereocenters. The number of nitrogens with zero attached hydrogens (tertiary/aromatic N) is 1. The molecule has 0 bridgehead atoms. The van der Waals surface area contributed by atoms with Gasteiger partial charge in [-0.15, -0.1) is 0 Å². The van der Waals surface area contributed by atoms with Gasteiger partial charge in [-0.25, -0.2) is 12.8 Å². The second-order valence-electron chi connectivity index (χ2n) is 6.35. The van der Waals surface area contributed by atoms with E-state index < -0.39 is 9.84 Å². The van der Waals surface area contributed by atoms with Crippen LogP contribution in [0.15, 0.2) is 24.3 Å². The minimum atomic E-state index is -2.83. The fourth-order valence-corrected chi connectivity index (χ4v) is 4.85. The van der Waals surface area contributed by atoms with E-state index in [0.29, 0.717) is 23.6 Å². The zero-order valence-electron chi connectivity index (χ0n) is 12.7. The van der Waals surface area contributed by atoms with Gasteiger partial charge in [-0.1, -0.05) is 0 Å². The van der Waals surface area contributed by atoms with Crippen LogP contribution in [0.5, 0.6) is 0 Å². The molecular weight excluding hydrogens is 303 g/mol. The van der Waals surface area contributed by atoms with Crippen molar-refractivity contribution in [2.24, 2.45) is 0 Å². The fraction of sp³-hybridized carbons (Fsp3) is 0.625. The molecule has 0 aromatic heterocycles. The maximum absolute atomic E-state index is 13.0. The molecule has 2 fully saturated rings. The van der Waals surface area contributed by atoms with Crippen molar-refractivity contribution in [3.63, 3.8) is 0 Å². The lowest BCUT2D eigenvalue weighted by Gasteiger charge is -2.22. The Bertz CT molecular complexity index is 603. The minimum Gasteiger partial charge on any atom is -0.370 e. The van der Waals surface area contributed by atoms with Gasteiger partial charge in [0.2, 0.25) is 0 Å². The highest BCUT2D eigenvalue weighted by molar-refractivity contribution is 7.91. The Morgan fingerprint density at radius 2 is 1.82 bits per heavy atom. The molecule has 2 aliphatic rings. The van der Waals surface area contributed by atoms with E-state index in [1.165, 1.54) is 12.1 Å². The van der Waals surface area contributed by atoms with Gasteiger partial charge in [0, 0.05) is 30.9 Å². The number of halogens is 1. The Hall–Kier alpha value is -1.14. The third-order valence-electron chi connectivity index (χ3n) is 4.64. The van der Waals surface area contributed by atoms with Gasteiger partial charge < -0.3 is 10.2 Å². The monoisotopic (exact) mass is 326 g/mol. The van der Waals surface area contributed by atoms with E-state index in [9.17, 15) is 12.8 Å². The van der Waals surface area contributed by atoms with E-state index in [4.69, 9.17) is 0 Å². The summed E-state index contributed by atoms with van der Waals surface area (Å²) in [6, 6.07) is 7.30. The van der Waals surface area contributed by atoms with Crippen LogP contribution in [0.2, 0.25) is 0 Å². The molecule has 2 aliphatic heterocycles. The molecule has 0 spiro atoms. The lowest BCUT2D eigenvalue weighted by molar-refractivity contribution is 0.417. The first-order valence-electron chi connectivity index (χ1n) is 7.99. The van der Waals surface area contributed by atoms with Crippen molar-refractivity contribution in [2.45, 2.75) is 37.8 Å². The van der Waals surface area contributed by atoms with Crippen LogP contribution in [0.1, 0.15) is 25.7 Å². The summed E-state index contributed by atoms with van der Waals surface area (Å²) in [5, 5.41) is 3.63. The van der Waals surface area contributed by atoms with Gasteiger partial charge in [0.1, 0.15) is 15.7 Å². The molecule has 2 unspecified atom stereocenters. The predicted octanol–water partition coefficient (Wildman–Crippen LogP) is 1.96. The molecule has 4 nitrogen and oxygen atoms in total. The van der Waals surface area contributed by atoms with Crippen LogP contribution in [-0.2, 0) is 9.84 Å². The SMILES string of the molecule is O=S1(=O)CCCC(NC2CCN(c3ccc(F)cc3)C2)CC1. The van der Waals surface area contributed by atoms with Gasteiger partial charge in [0.15, 0.2) is 0 Å². The number of rotatable bonds is 3. The maximum Gasteiger partial charge on any atom is 0.150 e. The molecule has 2 heterocycles. The minimum absolute atomic E-state index is 0.211. The highest BCUT2D eigenvalue weighted by atomic mass is 32.2. The molecular formula is C16H23FN2O2S. The molecule has 22 heavy (non-hydrogen) atoms. The van der Waals surface area contributed by atoms with E-state index >= 15 is 0 Å². The Morgan fingerprint density at radius 1 is 1.05 bits per heavy atom. The second-order valence-corrected chi connectivity index (χ2v) is 8.66. The maximum atomic E-state index is 13.0. The summed E-state index contributed by atoms with van der Waals surface area (Å²) in [5.74, 6) is 0.425. The van der Waals surface area contributed by atoms with Gasteiger partial charge in [-0.3, -0.25) is 0 Å². The number of sulfone groups is 1. The molecule has 0 amide bonds. The Kier molecular flexibility index (Phi) is 4.68. The molecule has 0 saturated carbocycles. The van der Waals surface area contributed by atoms with Gasteiger partial charge in [0.25, 0.3) is 0 Å². The lowest BCUT2D eigenvalue weighted by Crippen LogP contribution is -2.40. The van der Waals surface area contributed by atoms with Crippen LogP contribution in [-0.4, -0.2) is 45.1 Å². The smallest absolute Gasteiger partial charge is 0.150 e. The Balaban J connectivity index is 1.53. The average molecular weight is 326 g/mol. The number of benzene rings is 1. The van der Waals surface area contributed by atoms with Gasteiger partial charge in [-0.05, 0) is 49.9 Å².